The zero-order valence-corrected chi connectivity index (χ0v) is 12.7. The number of nitro benzene ring substituents is 1. The van der Waals surface area contributed by atoms with Crippen molar-refractivity contribution in [3.05, 3.63) is 33.9 Å². The van der Waals surface area contributed by atoms with Crippen molar-refractivity contribution in [3.63, 3.8) is 0 Å². The van der Waals surface area contributed by atoms with Crippen molar-refractivity contribution in [1.82, 2.24) is 0 Å². The van der Waals surface area contributed by atoms with Gasteiger partial charge < -0.3 is 10.0 Å². The summed E-state index contributed by atoms with van der Waals surface area (Å²) in [4.78, 5) is 23.6. The Labute approximate surface area is 124 Å². The first-order valence-corrected chi connectivity index (χ1v) is 7.21. The minimum atomic E-state index is -1.14. The monoisotopic (exact) mass is 294 g/mol. The number of anilines is 1. The maximum absolute atomic E-state index is 11.4. The average Bonchev–Trinajstić information content (AvgIpc) is 2.48. The lowest BCUT2D eigenvalue weighted by Crippen LogP contribution is -2.30. The van der Waals surface area contributed by atoms with Gasteiger partial charge in [-0.2, -0.15) is 0 Å². The van der Waals surface area contributed by atoms with Crippen LogP contribution in [-0.4, -0.2) is 29.1 Å². The van der Waals surface area contributed by atoms with Crippen LogP contribution in [0.4, 0.5) is 11.4 Å². The van der Waals surface area contributed by atoms with Crippen LogP contribution in [-0.2, 0) is 0 Å². The molecule has 6 heteroatoms. The first-order chi connectivity index (χ1) is 9.94. The van der Waals surface area contributed by atoms with Gasteiger partial charge in [0.1, 0.15) is 0 Å². The number of aromatic carboxylic acids is 1. The third-order valence-electron chi connectivity index (χ3n) is 3.78. The van der Waals surface area contributed by atoms with Gasteiger partial charge in [0.2, 0.25) is 0 Å². The number of nitrogens with zero attached hydrogens (tertiary/aromatic N) is 2. The van der Waals surface area contributed by atoms with Gasteiger partial charge in [-0.15, -0.1) is 0 Å². The summed E-state index contributed by atoms with van der Waals surface area (Å²) in [5.41, 5.74) is 0.328. The predicted molar refractivity (Wildman–Crippen MR) is 82.0 cm³/mol. The molecule has 0 atom stereocenters. The number of nitro groups is 1. The molecular weight excluding hydrogens is 272 g/mol. The lowest BCUT2D eigenvalue weighted by molar-refractivity contribution is -0.384. The second-order valence-electron chi connectivity index (χ2n) is 4.98. The summed E-state index contributed by atoms with van der Waals surface area (Å²) in [6.45, 7) is 7.58. The van der Waals surface area contributed by atoms with Crippen LogP contribution in [0.25, 0.3) is 0 Å². The molecule has 1 aromatic carbocycles. The minimum Gasteiger partial charge on any atom is -0.478 e. The summed E-state index contributed by atoms with van der Waals surface area (Å²) in [6.07, 6.45) is 2.03. The smallest absolute Gasteiger partial charge is 0.338 e. The molecule has 0 unspecified atom stereocenters. The molecule has 0 saturated carbocycles. The van der Waals surface area contributed by atoms with E-state index in [1.165, 1.54) is 12.1 Å². The van der Waals surface area contributed by atoms with E-state index >= 15 is 0 Å². The lowest BCUT2D eigenvalue weighted by atomic mass is 10.0. The number of non-ortho nitro benzene ring substituents is 1. The normalized spacial score (nSPS) is 10.7. The molecular formula is C15H22N2O4. The average molecular weight is 294 g/mol. The van der Waals surface area contributed by atoms with E-state index in [2.05, 4.69) is 13.8 Å². The van der Waals surface area contributed by atoms with Crippen LogP contribution in [0.1, 0.15) is 44.0 Å². The van der Waals surface area contributed by atoms with E-state index in [1.807, 2.05) is 11.8 Å². The molecule has 0 saturated heterocycles. The summed E-state index contributed by atoms with van der Waals surface area (Å²) >= 11 is 0. The maximum atomic E-state index is 11.4. The molecule has 1 aromatic rings. The molecule has 6 nitrogen and oxygen atoms in total. The molecule has 0 heterocycles. The molecule has 0 spiro atoms. The molecule has 0 radical (unpaired) electrons. The fourth-order valence-electron chi connectivity index (χ4n) is 2.34. The molecule has 0 amide bonds. The Hall–Kier alpha value is -2.11. The van der Waals surface area contributed by atoms with Gasteiger partial charge in [-0.05, 0) is 18.9 Å². The van der Waals surface area contributed by atoms with E-state index in [4.69, 9.17) is 0 Å². The summed E-state index contributed by atoms with van der Waals surface area (Å²) < 4.78 is 0. The van der Waals surface area contributed by atoms with Crippen LogP contribution in [0, 0.1) is 16.0 Å². The van der Waals surface area contributed by atoms with Crippen molar-refractivity contribution >= 4 is 17.3 Å². The van der Waals surface area contributed by atoms with E-state index in [0.29, 0.717) is 18.2 Å². The molecule has 0 fully saturated rings. The SMILES string of the molecule is CCC(CC)CN(CC)c1ccc([N+](=O)[O-])cc1C(=O)O. The van der Waals surface area contributed by atoms with Crippen molar-refractivity contribution in [2.24, 2.45) is 5.92 Å². The number of hydrogen-bond acceptors (Lipinski definition) is 4. The third-order valence-corrected chi connectivity index (χ3v) is 3.78. The topological polar surface area (TPSA) is 83.7 Å². The second kappa shape index (κ2) is 7.61. The Morgan fingerprint density at radius 2 is 1.95 bits per heavy atom. The molecule has 1 N–H and O–H groups in total. The Morgan fingerprint density at radius 1 is 1.33 bits per heavy atom. The first kappa shape index (κ1) is 16.9. The van der Waals surface area contributed by atoms with Gasteiger partial charge in [0.05, 0.1) is 16.2 Å². The van der Waals surface area contributed by atoms with Gasteiger partial charge in [0.25, 0.3) is 5.69 Å². The molecule has 1 rings (SSSR count). The number of carboxylic acid groups (broad SMARTS) is 1. The van der Waals surface area contributed by atoms with Crippen molar-refractivity contribution in [3.8, 4) is 0 Å². The van der Waals surface area contributed by atoms with Crippen molar-refractivity contribution in [1.29, 1.82) is 0 Å². The zero-order valence-electron chi connectivity index (χ0n) is 12.7. The van der Waals surface area contributed by atoms with Gasteiger partial charge in [-0.3, -0.25) is 10.1 Å². The van der Waals surface area contributed by atoms with Crippen LogP contribution in [0.15, 0.2) is 18.2 Å². The lowest BCUT2D eigenvalue weighted by Gasteiger charge is -2.28. The van der Waals surface area contributed by atoms with E-state index in [-0.39, 0.29) is 11.3 Å². The summed E-state index contributed by atoms with van der Waals surface area (Å²) in [7, 11) is 0. The fourth-order valence-corrected chi connectivity index (χ4v) is 2.34. The molecule has 0 aliphatic rings. The van der Waals surface area contributed by atoms with Crippen LogP contribution < -0.4 is 4.90 Å². The standard InChI is InChI=1S/C15H22N2O4/c1-4-11(5-2)10-16(6-3)14-8-7-12(17(20)21)9-13(14)15(18)19/h7-9,11H,4-6,10H2,1-3H3,(H,18,19). The van der Waals surface area contributed by atoms with Gasteiger partial charge in [0, 0.05) is 25.2 Å². The van der Waals surface area contributed by atoms with E-state index in [0.717, 1.165) is 25.5 Å². The highest BCUT2D eigenvalue weighted by Gasteiger charge is 2.20. The van der Waals surface area contributed by atoms with Crippen LogP contribution >= 0.6 is 0 Å². The number of carboxylic acids is 1. The molecule has 0 aliphatic heterocycles. The molecule has 21 heavy (non-hydrogen) atoms. The van der Waals surface area contributed by atoms with Crippen LogP contribution in [0.3, 0.4) is 0 Å². The molecule has 0 aromatic heterocycles. The summed E-state index contributed by atoms with van der Waals surface area (Å²) in [6, 6.07) is 4.03. The van der Waals surface area contributed by atoms with Crippen LogP contribution in [0.5, 0.6) is 0 Å². The molecule has 0 bridgehead atoms. The summed E-state index contributed by atoms with van der Waals surface area (Å²) in [5.74, 6) is -0.668. The number of benzene rings is 1. The number of rotatable bonds is 8. The van der Waals surface area contributed by atoms with E-state index < -0.39 is 10.9 Å². The van der Waals surface area contributed by atoms with E-state index in [1.54, 1.807) is 0 Å². The highest BCUT2D eigenvalue weighted by Crippen LogP contribution is 2.27. The van der Waals surface area contributed by atoms with Crippen molar-refractivity contribution in [2.75, 3.05) is 18.0 Å². The third kappa shape index (κ3) is 4.18. The van der Waals surface area contributed by atoms with Crippen molar-refractivity contribution < 1.29 is 14.8 Å². The van der Waals surface area contributed by atoms with Gasteiger partial charge in [0.15, 0.2) is 0 Å². The minimum absolute atomic E-state index is 0.0167. The Morgan fingerprint density at radius 3 is 2.38 bits per heavy atom. The van der Waals surface area contributed by atoms with Crippen molar-refractivity contribution in [2.45, 2.75) is 33.6 Å². The van der Waals surface area contributed by atoms with Gasteiger partial charge in [-0.25, -0.2) is 4.79 Å². The maximum Gasteiger partial charge on any atom is 0.338 e. The quantitative estimate of drug-likeness (QED) is 0.585. The fraction of sp³-hybridized carbons (Fsp3) is 0.533. The Kier molecular flexibility index (Phi) is 6.14. The van der Waals surface area contributed by atoms with Gasteiger partial charge >= 0.3 is 5.97 Å². The van der Waals surface area contributed by atoms with Crippen LogP contribution in [0.2, 0.25) is 0 Å². The Bertz CT molecular complexity index is 512. The molecule has 0 aliphatic carbocycles. The Balaban J connectivity index is 3.19. The highest BCUT2D eigenvalue weighted by molar-refractivity contribution is 5.95. The second-order valence-corrected chi connectivity index (χ2v) is 4.98. The van der Waals surface area contributed by atoms with E-state index in [9.17, 15) is 20.0 Å². The number of hydrogen-bond donors (Lipinski definition) is 1. The number of carbonyl (C=O) groups is 1. The highest BCUT2D eigenvalue weighted by atomic mass is 16.6. The predicted octanol–water partition coefficient (Wildman–Crippen LogP) is 3.56. The summed E-state index contributed by atoms with van der Waals surface area (Å²) in [5, 5.41) is 20.1. The first-order valence-electron chi connectivity index (χ1n) is 7.21. The molecule has 116 valence electrons. The largest absolute Gasteiger partial charge is 0.478 e. The zero-order chi connectivity index (χ0) is 16.0. The van der Waals surface area contributed by atoms with Gasteiger partial charge in [-0.1, -0.05) is 26.7 Å².